The molecule has 0 radical (unpaired) electrons. The van der Waals surface area contributed by atoms with Gasteiger partial charge in [0.2, 0.25) is 0 Å². The Morgan fingerprint density at radius 1 is 1.11 bits per heavy atom. The van der Waals surface area contributed by atoms with E-state index in [2.05, 4.69) is 0 Å². The predicted octanol–water partition coefficient (Wildman–Crippen LogP) is 1.17. The van der Waals surface area contributed by atoms with Crippen LogP contribution in [0.4, 0.5) is 0 Å². The summed E-state index contributed by atoms with van der Waals surface area (Å²) in [7, 11) is 0. The third kappa shape index (κ3) is 4.51. The molecule has 0 aliphatic heterocycles. The summed E-state index contributed by atoms with van der Waals surface area (Å²) < 4.78 is 10.7. The van der Waals surface area contributed by atoms with Gasteiger partial charge in [-0.25, -0.2) is 0 Å². The van der Waals surface area contributed by atoms with Gasteiger partial charge in [0, 0.05) is 0 Å². The number of carbonyl (C=O) groups excluding carboxylic acids is 2. The maximum absolute atomic E-state index is 11.7. The molecule has 0 heterocycles. The van der Waals surface area contributed by atoms with Crippen LogP contribution in [0.15, 0.2) is 24.3 Å². The molecule has 0 spiro atoms. The van der Waals surface area contributed by atoms with Gasteiger partial charge in [0.05, 0.1) is 0 Å². The number of benzene rings is 1. The van der Waals surface area contributed by atoms with E-state index in [9.17, 15) is 9.59 Å². The number of carbonyl (C=O) groups is 2. The van der Waals surface area contributed by atoms with Gasteiger partial charge in [-0.15, -0.1) is 0 Å². The number of hydrogen-bond donors (Lipinski definition) is 0. The molecule has 0 aliphatic carbocycles. The molecule has 0 N–H and O–H groups in total. The van der Waals surface area contributed by atoms with Crippen LogP contribution in [-0.4, -0.2) is 40.1 Å². The van der Waals surface area contributed by atoms with E-state index >= 15 is 0 Å². The molecule has 0 atom stereocenters. The molecular weight excluding hydrogens is 299 g/mol. The summed E-state index contributed by atoms with van der Waals surface area (Å²) in [4.78, 5) is 23.0. The third-order valence-corrected chi connectivity index (χ3v) is 4.23. The van der Waals surface area contributed by atoms with Crippen LogP contribution in [0, 0.1) is 0 Å². The average Bonchev–Trinajstić information content (AvgIpc) is 2.37. The molecule has 0 amide bonds. The zero-order chi connectivity index (χ0) is 13.4. The van der Waals surface area contributed by atoms with E-state index in [-0.39, 0.29) is 26.9 Å². The van der Waals surface area contributed by atoms with Crippen molar-refractivity contribution < 1.29 is 19.1 Å². The molecule has 98 valence electrons. The molecule has 0 bridgehead atoms. The molecule has 0 saturated heterocycles. The predicted molar refractivity (Wildman–Crippen MR) is 69.2 cm³/mol. The number of hydrogen-bond acceptors (Lipinski definition) is 4. The van der Waals surface area contributed by atoms with Crippen LogP contribution in [0.2, 0.25) is 5.32 Å². The minimum atomic E-state index is -0.334. The fourth-order valence-electron chi connectivity index (χ4n) is 1.31. The Morgan fingerprint density at radius 2 is 1.78 bits per heavy atom. The van der Waals surface area contributed by atoms with Crippen LogP contribution < -0.4 is 4.46 Å². The normalized spacial score (nSPS) is 9.89. The van der Waals surface area contributed by atoms with Crippen LogP contribution in [0.5, 0.6) is 0 Å². The molecule has 18 heavy (non-hydrogen) atoms. The SMILES string of the molecule is CCOC(=O)C[Se]c1ccccc1C(=O)OCC. The first-order valence-electron chi connectivity index (χ1n) is 5.73. The van der Waals surface area contributed by atoms with Gasteiger partial charge in [0.15, 0.2) is 0 Å². The van der Waals surface area contributed by atoms with E-state index in [0.29, 0.717) is 24.1 Å². The monoisotopic (exact) mass is 316 g/mol. The second-order valence-corrected chi connectivity index (χ2v) is 5.44. The van der Waals surface area contributed by atoms with Crippen molar-refractivity contribution in [2.45, 2.75) is 19.2 Å². The Hall–Kier alpha value is -1.32. The van der Waals surface area contributed by atoms with Crippen molar-refractivity contribution in [3.63, 3.8) is 0 Å². The summed E-state index contributed by atoms with van der Waals surface area (Å²) in [5.41, 5.74) is 0.545. The van der Waals surface area contributed by atoms with E-state index < -0.39 is 0 Å². The van der Waals surface area contributed by atoms with Crippen molar-refractivity contribution in [3.05, 3.63) is 29.8 Å². The van der Waals surface area contributed by atoms with Crippen molar-refractivity contribution in [3.8, 4) is 0 Å². The van der Waals surface area contributed by atoms with Crippen molar-refractivity contribution in [1.29, 1.82) is 0 Å². The first-order chi connectivity index (χ1) is 8.69. The van der Waals surface area contributed by atoms with E-state index in [4.69, 9.17) is 9.47 Å². The molecule has 4 nitrogen and oxygen atoms in total. The number of esters is 2. The van der Waals surface area contributed by atoms with Crippen molar-refractivity contribution in [2.75, 3.05) is 13.2 Å². The van der Waals surface area contributed by atoms with Crippen molar-refractivity contribution in [2.24, 2.45) is 0 Å². The summed E-state index contributed by atoms with van der Waals surface area (Å²) in [5, 5.41) is 0.331. The van der Waals surface area contributed by atoms with E-state index in [1.165, 1.54) is 0 Å². The zero-order valence-electron chi connectivity index (χ0n) is 10.5. The molecule has 1 aromatic carbocycles. The Bertz CT molecular complexity index is 417. The van der Waals surface area contributed by atoms with Gasteiger partial charge < -0.3 is 0 Å². The molecule has 5 heteroatoms. The van der Waals surface area contributed by atoms with Crippen LogP contribution >= 0.6 is 0 Å². The maximum atomic E-state index is 11.7. The number of rotatable bonds is 6. The third-order valence-electron chi connectivity index (χ3n) is 2.03. The van der Waals surface area contributed by atoms with Gasteiger partial charge in [-0.2, -0.15) is 0 Å². The quantitative estimate of drug-likeness (QED) is 0.584. The van der Waals surface area contributed by atoms with Crippen LogP contribution in [-0.2, 0) is 14.3 Å². The standard InChI is InChI=1S/C13H16O4Se/c1-3-16-12(14)9-18-11-8-6-5-7-10(11)13(15)17-4-2/h5-8H,3-4,9H2,1-2H3. The van der Waals surface area contributed by atoms with Gasteiger partial charge in [0.1, 0.15) is 0 Å². The molecule has 1 rings (SSSR count). The molecule has 0 fully saturated rings. The molecule has 0 unspecified atom stereocenters. The van der Waals surface area contributed by atoms with Crippen molar-refractivity contribution in [1.82, 2.24) is 0 Å². The molecule has 0 aromatic heterocycles. The Balaban J connectivity index is 2.70. The van der Waals surface area contributed by atoms with E-state index in [1.54, 1.807) is 26.0 Å². The second-order valence-electron chi connectivity index (χ2n) is 3.31. The Kier molecular flexibility index (Phi) is 6.47. The summed E-state index contributed by atoms with van der Waals surface area (Å²) in [5.74, 6) is -0.560. The molecular formula is C13H16O4Se. The second kappa shape index (κ2) is 7.90. The van der Waals surface area contributed by atoms with Gasteiger partial charge in [0.25, 0.3) is 0 Å². The van der Waals surface area contributed by atoms with Crippen LogP contribution in [0.1, 0.15) is 24.2 Å². The van der Waals surface area contributed by atoms with Crippen LogP contribution in [0.25, 0.3) is 0 Å². The zero-order valence-corrected chi connectivity index (χ0v) is 12.2. The van der Waals surface area contributed by atoms with Crippen LogP contribution in [0.3, 0.4) is 0 Å². The minimum absolute atomic E-state index is 0.115. The van der Waals surface area contributed by atoms with Gasteiger partial charge in [-0.1, -0.05) is 0 Å². The molecule has 0 aliphatic rings. The number of ether oxygens (including phenoxy) is 2. The van der Waals surface area contributed by atoms with Gasteiger partial charge in [-0.05, 0) is 0 Å². The summed E-state index contributed by atoms with van der Waals surface area (Å²) in [6.07, 6.45) is 0. The topological polar surface area (TPSA) is 52.6 Å². The first kappa shape index (κ1) is 14.7. The molecule has 1 aromatic rings. The summed E-state index contributed by atoms with van der Waals surface area (Å²) >= 11 is -0.115. The van der Waals surface area contributed by atoms with Crippen molar-refractivity contribution >= 4 is 31.4 Å². The summed E-state index contributed by atoms with van der Waals surface area (Å²) in [6.45, 7) is 4.27. The van der Waals surface area contributed by atoms with Gasteiger partial charge in [-0.3, -0.25) is 0 Å². The molecule has 0 saturated carbocycles. The van der Waals surface area contributed by atoms with E-state index in [1.807, 2.05) is 12.1 Å². The fraction of sp³-hybridized carbons (Fsp3) is 0.385. The fourth-order valence-corrected chi connectivity index (χ4v) is 3.07. The Morgan fingerprint density at radius 3 is 2.44 bits per heavy atom. The van der Waals surface area contributed by atoms with E-state index in [0.717, 1.165) is 4.46 Å². The Labute approximate surface area is 113 Å². The first-order valence-corrected chi connectivity index (χ1v) is 7.80. The average molecular weight is 315 g/mol. The summed E-state index contributed by atoms with van der Waals surface area (Å²) in [6, 6.07) is 7.22. The van der Waals surface area contributed by atoms with Gasteiger partial charge >= 0.3 is 113 Å².